The first kappa shape index (κ1) is 15.0. The Bertz CT molecular complexity index is 281. The molecule has 0 atom stereocenters. The Morgan fingerprint density at radius 2 is 2.00 bits per heavy atom. The van der Waals surface area contributed by atoms with Gasteiger partial charge in [0.25, 0.3) is 0 Å². The summed E-state index contributed by atoms with van der Waals surface area (Å²) in [5.41, 5.74) is 0.152. The molecular formula is C14H25NO3. The monoisotopic (exact) mass is 255 g/mol. The molecule has 1 aliphatic rings. The fourth-order valence-electron chi connectivity index (χ4n) is 2.51. The van der Waals surface area contributed by atoms with Crippen LogP contribution in [0, 0.1) is 5.92 Å². The Hall–Kier alpha value is -1.06. The minimum Gasteiger partial charge on any atom is -0.458 e. The molecule has 0 radical (unpaired) electrons. The van der Waals surface area contributed by atoms with Crippen LogP contribution in [0.25, 0.3) is 0 Å². The zero-order chi connectivity index (χ0) is 13.4. The van der Waals surface area contributed by atoms with Crippen molar-refractivity contribution in [2.75, 3.05) is 0 Å². The van der Waals surface area contributed by atoms with Gasteiger partial charge in [-0.15, -0.1) is 0 Å². The third-order valence-electron chi connectivity index (χ3n) is 3.45. The van der Waals surface area contributed by atoms with Gasteiger partial charge < -0.3 is 9.94 Å². The maximum atomic E-state index is 11.6. The minimum absolute atomic E-state index is 0.152. The number of rotatable bonds is 6. The molecule has 0 bridgehead atoms. The average molecular weight is 255 g/mol. The Morgan fingerprint density at radius 1 is 1.33 bits per heavy atom. The van der Waals surface area contributed by atoms with Crippen LogP contribution in [0.5, 0.6) is 0 Å². The maximum absolute atomic E-state index is 11.6. The summed E-state index contributed by atoms with van der Waals surface area (Å²) in [6.45, 7) is 3.57. The van der Waals surface area contributed by atoms with Crippen molar-refractivity contribution in [1.29, 1.82) is 0 Å². The number of hydrogen-bond donors (Lipinski definition) is 1. The number of hydrogen-bond acceptors (Lipinski definition) is 4. The van der Waals surface area contributed by atoms with E-state index < -0.39 is 5.97 Å². The second-order valence-corrected chi connectivity index (χ2v) is 5.40. The van der Waals surface area contributed by atoms with E-state index in [-0.39, 0.29) is 11.8 Å². The van der Waals surface area contributed by atoms with Gasteiger partial charge in [0.05, 0.1) is 6.10 Å². The van der Waals surface area contributed by atoms with E-state index >= 15 is 0 Å². The number of oxime groups is 1. The first-order valence-electron chi connectivity index (χ1n) is 7.05. The molecule has 0 unspecified atom stereocenters. The molecule has 104 valence electrons. The van der Waals surface area contributed by atoms with Gasteiger partial charge in [-0.1, -0.05) is 43.7 Å². The molecule has 0 aromatic rings. The standard InChI is InChI=1S/C14H25NO3/c1-11(2)18-14(16)13(15-17)10-6-9-12-7-4-3-5-8-12/h11-12,17H,3-10H2,1-2H3/b15-13-. The SMILES string of the molecule is CC(C)OC(=O)/C(CCCC1CCCCC1)=N\O. The molecule has 1 rings (SSSR count). The van der Waals surface area contributed by atoms with Crippen molar-refractivity contribution < 1.29 is 14.7 Å². The van der Waals surface area contributed by atoms with Gasteiger partial charge in [0.15, 0.2) is 5.71 Å². The summed E-state index contributed by atoms with van der Waals surface area (Å²) in [5, 5.41) is 11.9. The Kier molecular flexibility index (Phi) is 6.76. The third-order valence-corrected chi connectivity index (χ3v) is 3.45. The summed E-state index contributed by atoms with van der Waals surface area (Å²) >= 11 is 0. The lowest BCUT2D eigenvalue weighted by Crippen LogP contribution is -2.21. The first-order valence-corrected chi connectivity index (χ1v) is 7.05. The highest BCUT2D eigenvalue weighted by molar-refractivity contribution is 6.36. The van der Waals surface area contributed by atoms with Gasteiger partial charge in [-0.05, 0) is 26.2 Å². The van der Waals surface area contributed by atoms with Crippen molar-refractivity contribution >= 4 is 11.7 Å². The normalized spacial score (nSPS) is 18.1. The van der Waals surface area contributed by atoms with Crippen LogP contribution in [0.15, 0.2) is 5.16 Å². The lowest BCUT2D eigenvalue weighted by molar-refractivity contribution is -0.139. The van der Waals surface area contributed by atoms with E-state index in [1.165, 1.54) is 32.1 Å². The van der Waals surface area contributed by atoms with Gasteiger partial charge in [-0.3, -0.25) is 0 Å². The van der Waals surface area contributed by atoms with Crippen molar-refractivity contribution in [3.05, 3.63) is 0 Å². The van der Waals surface area contributed by atoms with E-state index in [1.54, 1.807) is 13.8 Å². The van der Waals surface area contributed by atoms with Crippen LogP contribution < -0.4 is 0 Å². The zero-order valence-electron chi connectivity index (χ0n) is 11.5. The Balaban J connectivity index is 2.24. The highest BCUT2D eigenvalue weighted by atomic mass is 16.5. The van der Waals surface area contributed by atoms with Crippen LogP contribution in [0.2, 0.25) is 0 Å². The molecule has 0 aromatic heterocycles. The Morgan fingerprint density at radius 3 is 2.56 bits per heavy atom. The molecule has 1 aliphatic carbocycles. The second kappa shape index (κ2) is 8.11. The number of carbonyl (C=O) groups excluding carboxylic acids is 1. The van der Waals surface area contributed by atoms with Gasteiger partial charge in [-0.2, -0.15) is 0 Å². The van der Waals surface area contributed by atoms with E-state index in [4.69, 9.17) is 9.94 Å². The quantitative estimate of drug-likeness (QED) is 0.342. The number of esters is 1. The van der Waals surface area contributed by atoms with Crippen molar-refractivity contribution in [3.63, 3.8) is 0 Å². The summed E-state index contributed by atoms with van der Waals surface area (Å²) in [7, 11) is 0. The van der Waals surface area contributed by atoms with Crippen LogP contribution in [-0.4, -0.2) is 23.0 Å². The molecule has 1 saturated carbocycles. The van der Waals surface area contributed by atoms with E-state index in [2.05, 4.69) is 5.16 Å². The first-order chi connectivity index (χ1) is 8.63. The summed E-state index contributed by atoms with van der Waals surface area (Å²) in [5.74, 6) is 0.302. The second-order valence-electron chi connectivity index (χ2n) is 5.40. The van der Waals surface area contributed by atoms with E-state index in [0.717, 1.165) is 18.8 Å². The lowest BCUT2D eigenvalue weighted by Gasteiger charge is -2.21. The zero-order valence-corrected chi connectivity index (χ0v) is 11.5. The molecule has 1 fully saturated rings. The van der Waals surface area contributed by atoms with Crippen molar-refractivity contribution in [2.45, 2.75) is 71.3 Å². The largest absolute Gasteiger partial charge is 0.458 e. The molecule has 0 aromatic carbocycles. The predicted octanol–water partition coefficient (Wildman–Crippen LogP) is 3.52. The van der Waals surface area contributed by atoms with Gasteiger partial charge in [0, 0.05) is 6.42 Å². The molecule has 4 heteroatoms. The van der Waals surface area contributed by atoms with Crippen LogP contribution in [0.4, 0.5) is 0 Å². The van der Waals surface area contributed by atoms with E-state index in [9.17, 15) is 4.79 Å². The number of carbonyl (C=O) groups is 1. The van der Waals surface area contributed by atoms with Crippen LogP contribution in [0.1, 0.15) is 65.2 Å². The van der Waals surface area contributed by atoms with Gasteiger partial charge >= 0.3 is 5.97 Å². The third kappa shape index (κ3) is 5.52. The molecule has 18 heavy (non-hydrogen) atoms. The molecular weight excluding hydrogens is 230 g/mol. The van der Waals surface area contributed by atoms with Gasteiger partial charge in [0.2, 0.25) is 0 Å². The number of nitrogens with zero attached hydrogens (tertiary/aromatic N) is 1. The van der Waals surface area contributed by atoms with Crippen LogP contribution in [0.3, 0.4) is 0 Å². The summed E-state index contributed by atoms with van der Waals surface area (Å²) in [6.07, 6.45) is 9.00. The highest BCUT2D eigenvalue weighted by Gasteiger charge is 2.17. The van der Waals surface area contributed by atoms with Gasteiger partial charge in [-0.25, -0.2) is 4.79 Å². The Labute approximate surface area is 109 Å². The molecule has 0 aliphatic heterocycles. The predicted molar refractivity (Wildman–Crippen MR) is 70.9 cm³/mol. The summed E-state index contributed by atoms with van der Waals surface area (Å²) in [4.78, 5) is 11.6. The molecule has 1 N–H and O–H groups in total. The summed E-state index contributed by atoms with van der Waals surface area (Å²) in [6, 6.07) is 0. The van der Waals surface area contributed by atoms with Crippen molar-refractivity contribution in [1.82, 2.24) is 0 Å². The van der Waals surface area contributed by atoms with Crippen molar-refractivity contribution in [3.8, 4) is 0 Å². The topological polar surface area (TPSA) is 58.9 Å². The van der Waals surface area contributed by atoms with E-state index in [0.29, 0.717) is 6.42 Å². The molecule has 0 amide bonds. The summed E-state index contributed by atoms with van der Waals surface area (Å²) < 4.78 is 5.02. The molecule has 4 nitrogen and oxygen atoms in total. The lowest BCUT2D eigenvalue weighted by atomic mass is 9.85. The molecule has 0 saturated heterocycles. The van der Waals surface area contributed by atoms with Gasteiger partial charge in [0.1, 0.15) is 0 Å². The average Bonchev–Trinajstić information content (AvgIpc) is 2.35. The molecule has 0 heterocycles. The van der Waals surface area contributed by atoms with E-state index in [1.807, 2.05) is 0 Å². The highest BCUT2D eigenvalue weighted by Crippen LogP contribution is 2.27. The molecule has 0 spiro atoms. The van der Waals surface area contributed by atoms with Crippen LogP contribution in [-0.2, 0) is 9.53 Å². The fraction of sp³-hybridized carbons (Fsp3) is 0.857. The van der Waals surface area contributed by atoms with Crippen LogP contribution >= 0.6 is 0 Å². The fourth-order valence-corrected chi connectivity index (χ4v) is 2.51. The maximum Gasteiger partial charge on any atom is 0.356 e. The number of ether oxygens (including phenoxy) is 1. The smallest absolute Gasteiger partial charge is 0.356 e. The minimum atomic E-state index is -0.490. The van der Waals surface area contributed by atoms with Crippen molar-refractivity contribution in [2.24, 2.45) is 11.1 Å².